The van der Waals surface area contributed by atoms with Crippen molar-refractivity contribution in [3.8, 4) is 5.75 Å². The number of nitrogens with one attached hydrogen (secondary N) is 1. The number of likely N-dealkylation sites (tertiary alicyclic amines) is 1. The highest BCUT2D eigenvalue weighted by Gasteiger charge is 2.29. The third-order valence-electron chi connectivity index (χ3n) is 7.15. The van der Waals surface area contributed by atoms with Crippen LogP contribution in [0.25, 0.3) is 32.0 Å². The molecule has 7 nitrogen and oxygen atoms in total. The summed E-state index contributed by atoms with van der Waals surface area (Å²) < 4.78 is 12.5. The molecule has 1 saturated heterocycles. The molecular formula is C29H26N2O5S. The molecule has 37 heavy (non-hydrogen) atoms. The number of carboxylic acids is 1. The summed E-state index contributed by atoms with van der Waals surface area (Å²) in [5.74, 6) is -0.470. The fourth-order valence-corrected chi connectivity index (χ4v) is 6.51. The van der Waals surface area contributed by atoms with Gasteiger partial charge < -0.3 is 19.6 Å². The van der Waals surface area contributed by atoms with Crippen LogP contribution in [0.1, 0.15) is 28.1 Å². The van der Waals surface area contributed by atoms with E-state index < -0.39 is 5.97 Å². The number of thiophene rings is 1. The summed E-state index contributed by atoms with van der Waals surface area (Å²) in [6.07, 6.45) is 2.49. The smallest absolute Gasteiger partial charge is 0.346 e. The lowest BCUT2D eigenvalue weighted by Crippen LogP contribution is -2.38. The molecule has 0 radical (unpaired) electrons. The lowest BCUT2D eigenvalue weighted by molar-refractivity contribution is -0.117. The minimum Gasteiger partial charge on any atom is -0.495 e. The van der Waals surface area contributed by atoms with Gasteiger partial charge in [0.15, 0.2) is 0 Å². The molecule has 3 aromatic carbocycles. The topological polar surface area (TPSA) is 92.0 Å². The quantitative estimate of drug-likeness (QED) is 0.271. The first-order valence-corrected chi connectivity index (χ1v) is 13.1. The van der Waals surface area contributed by atoms with Crippen LogP contribution in [0.15, 0.2) is 65.1 Å². The second-order valence-electron chi connectivity index (χ2n) is 9.38. The monoisotopic (exact) mass is 514 g/mol. The van der Waals surface area contributed by atoms with Crippen molar-refractivity contribution >= 4 is 60.9 Å². The first-order valence-electron chi connectivity index (χ1n) is 12.3. The van der Waals surface area contributed by atoms with E-state index in [1.165, 1.54) is 11.3 Å². The van der Waals surface area contributed by atoms with Crippen LogP contribution in [0.5, 0.6) is 5.75 Å². The van der Waals surface area contributed by atoms with E-state index in [2.05, 4.69) is 10.2 Å². The minimum absolute atomic E-state index is 0.0987. The van der Waals surface area contributed by atoms with Gasteiger partial charge in [0.2, 0.25) is 5.91 Å². The summed E-state index contributed by atoms with van der Waals surface area (Å²) in [6.45, 7) is 1.01. The molecule has 0 bridgehead atoms. The van der Waals surface area contributed by atoms with Gasteiger partial charge >= 0.3 is 5.97 Å². The van der Waals surface area contributed by atoms with E-state index >= 15 is 0 Å². The summed E-state index contributed by atoms with van der Waals surface area (Å²) in [7, 11) is 1.58. The molecule has 0 saturated carbocycles. The van der Waals surface area contributed by atoms with E-state index in [0.29, 0.717) is 28.3 Å². The molecule has 3 heterocycles. The Kier molecular flexibility index (Phi) is 6.06. The largest absolute Gasteiger partial charge is 0.495 e. The zero-order valence-corrected chi connectivity index (χ0v) is 21.1. The van der Waals surface area contributed by atoms with Crippen LogP contribution in [0.4, 0.5) is 5.69 Å². The Balaban J connectivity index is 1.22. The maximum atomic E-state index is 13.1. The fourth-order valence-electron chi connectivity index (χ4n) is 5.44. The van der Waals surface area contributed by atoms with Crippen LogP contribution < -0.4 is 10.1 Å². The van der Waals surface area contributed by atoms with Crippen LogP contribution in [-0.2, 0) is 11.2 Å². The fraction of sp³-hybridized carbons (Fsp3) is 0.241. The SMILES string of the molecule is COc1cc2c(cc1NC(=O)CN1CCCC1Cc1c(C(=O)O)sc3ccccc13)oc1ccccc12. The lowest BCUT2D eigenvalue weighted by atomic mass is 10.0. The number of methoxy groups -OCH3 is 1. The summed E-state index contributed by atoms with van der Waals surface area (Å²) in [5.41, 5.74) is 2.89. The number of aromatic carboxylic acids is 1. The highest BCUT2D eigenvalue weighted by molar-refractivity contribution is 7.21. The summed E-state index contributed by atoms with van der Waals surface area (Å²) in [5, 5.41) is 15.7. The zero-order valence-electron chi connectivity index (χ0n) is 20.3. The maximum absolute atomic E-state index is 13.1. The molecule has 6 rings (SSSR count). The molecule has 8 heteroatoms. The number of carbonyl (C=O) groups excluding carboxylic acids is 1. The summed E-state index contributed by atoms with van der Waals surface area (Å²) in [4.78, 5) is 27.6. The van der Waals surface area contributed by atoms with Crippen molar-refractivity contribution in [2.75, 3.05) is 25.5 Å². The van der Waals surface area contributed by atoms with Gasteiger partial charge in [-0.15, -0.1) is 11.3 Å². The highest BCUT2D eigenvalue weighted by atomic mass is 32.1. The molecule has 1 atom stereocenters. The van der Waals surface area contributed by atoms with E-state index in [9.17, 15) is 14.7 Å². The van der Waals surface area contributed by atoms with Gasteiger partial charge in [0.05, 0.1) is 19.3 Å². The number of nitrogens with zero attached hydrogens (tertiary/aromatic N) is 1. The van der Waals surface area contributed by atoms with Gasteiger partial charge in [-0.25, -0.2) is 4.79 Å². The van der Waals surface area contributed by atoms with Crippen molar-refractivity contribution in [3.05, 3.63) is 71.1 Å². The van der Waals surface area contributed by atoms with Crippen molar-refractivity contribution < 1.29 is 23.8 Å². The average molecular weight is 515 g/mol. The van der Waals surface area contributed by atoms with Gasteiger partial charge in [-0.1, -0.05) is 36.4 Å². The number of ether oxygens (including phenoxy) is 1. The molecule has 188 valence electrons. The molecule has 1 aliphatic rings. The van der Waals surface area contributed by atoms with Crippen LogP contribution >= 0.6 is 11.3 Å². The van der Waals surface area contributed by atoms with Crippen LogP contribution in [0.3, 0.4) is 0 Å². The summed E-state index contributed by atoms with van der Waals surface area (Å²) >= 11 is 1.32. The molecule has 2 aromatic heterocycles. The zero-order chi connectivity index (χ0) is 25.5. The Morgan fingerprint density at radius 1 is 1.08 bits per heavy atom. The third-order valence-corrected chi connectivity index (χ3v) is 8.35. The Labute approximate surface area is 217 Å². The summed E-state index contributed by atoms with van der Waals surface area (Å²) in [6, 6.07) is 19.4. The van der Waals surface area contributed by atoms with Crippen molar-refractivity contribution in [2.45, 2.75) is 25.3 Å². The number of furan rings is 1. The van der Waals surface area contributed by atoms with Gasteiger partial charge in [0.1, 0.15) is 21.8 Å². The third kappa shape index (κ3) is 4.32. The highest BCUT2D eigenvalue weighted by Crippen LogP contribution is 2.37. The molecule has 5 aromatic rings. The van der Waals surface area contributed by atoms with Crippen molar-refractivity contribution in [2.24, 2.45) is 0 Å². The standard InChI is InChI=1S/C29H26N2O5S/c1-35-25-14-20-18-8-2-4-10-23(18)36-24(20)15-22(25)30-27(32)16-31-12-6-7-17(31)13-21-19-9-3-5-11-26(19)37-28(21)29(33)34/h2-5,8-11,14-15,17H,6-7,12-13,16H2,1H3,(H,30,32)(H,33,34). The minimum atomic E-state index is -0.897. The van der Waals surface area contributed by atoms with E-state index in [-0.39, 0.29) is 18.5 Å². The number of benzene rings is 3. The van der Waals surface area contributed by atoms with E-state index in [4.69, 9.17) is 9.15 Å². The predicted octanol–water partition coefficient (Wildman–Crippen LogP) is 6.15. The normalized spacial score (nSPS) is 16.1. The van der Waals surface area contributed by atoms with Gasteiger partial charge in [0, 0.05) is 27.6 Å². The molecule has 1 amide bonds. The van der Waals surface area contributed by atoms with E-state index in [1.807, 2.05) is 60.7 Å². The molecule has 1 fully saturated rings. The van der Waals surface area contributed by atoms with Crippen LogP contribution in [0.2, 0.25) is 0 Å². The predicted molar refractivity (Wildman–Crippen MR) is 146 cm³/mol. The first kappa shape index (κ1) is 23.5. The number of carboxylic acid groups (broad SMARTS) is 1. The van der Waals surface area contributed by atoms with Crippen molar-refractivity contribution in [1.29, 1.82) is 0 Å². The molecule has 0 spiro atoms. The van der Waals surface area contributed by atoms with Gasteiger partial charge in [-0.05, 0) is 55.0 Å². The Morgan fingerprint density at radius 2 is 1.86 bits per heavy atom. The Morgan fingerprint density at radius 3 is 2.68 bits per heavy atom. The number of carbonyl (C=O) groups is 2. The molecular weight excluding hydrogens is 488 g/mol. The van der Waals surface area contributed by atoms with E-state index in [1.54, 1.807) is 7.11 Å². The number of rotatable bonds is 7. The number of para-hydroxylation sites is 1. The van der Waals surface area contributed by atoms with Gasteiger partial charge in [-0.3, -0.25) is 9.69 Å². The Hall–Kier alpha value is -3.88. The van der Waals surface area contributed by atoms with Gasteiger partial charge in [-0.2, -0.15) is 0 Å². The maximum Gasteiger partial charge on any atom is 0.346 e. The number of anilines is 1. The molecule has 1 unspecified atom stereocenters. The molecule has 1 aliphatic heterocycles. The van der Waals surface area contributed by atoms with Crippen LogP contribution in [0, 0.1) is 0 Å². The second-order valence-corrected chi connectivity index (χ2v) is 10.4. The number of amides is 1. The number of hydrogen-bond acceptors (Lipinski definition) is 6. The molecule has 2 N–H and O–H groups in total. The van der Waals surface area contributed by atoms with Crippen molar-refractivity contribution in [3.63, 3.8) is 0 Å². The number of fused-ring (bicyclic) bond motifs is 4. The molecule has 0 aliphatic carbocycles. The second kappa shape index (κ2) is 9.53. The van der Waals surface area contributed by atoms with Crippen LogP contribution in [-0.4, -0.2) is 48.1 Å². The lowest BCUT2D eigenvalue weighted by Gasteiger charge is -2.24. The number of hydrogen-bond donors (Lipinski definition) is 2. The Bertz CT molecular complexity index is 1650. The van der Waals surface area contributed by atoms with Gasteiger partial charge in [0.25, 0.3) is 0 Å². The van der Waals surface area contributed by atoms with E-state index in [0.717, 1.165) is 51.4 Å². The first-order chi connectivity index (χ1) is 18.0. The van der Waals surface area contributed by atoms with Crippen molar-refractivity contribution in [1.82, 2.24) is 4.90 Å². The average Bonchev–Trinajstić information content (AvgIpc) is 3.59.